The third-order valence-corrected chi connectivity index (χ3v) is 4.01. The average molecular weight is 269 g/mol. The summed E-state index contributed by atoms with van der Waals surface area (Å²) in [6.07, 6.45) is 3.57. The molecule has 1 rings (SSSR count). The Hall–Kier alpha value is -0.570. The SMILES string of the molecule is CC(C)[C@@H]1CC[C@@H](C)C[C@H]1OC(=O)CNC(C)(C)C. The van der Waals surface area contributed by atoms with Crippen molar-refractivity contribution in [2.45, 2.75) is 72.4 Å². The lowest BCUT2D eigenvalue weighted by Gasteiger charge is -2.36. The largest absolute Gasteiger partial charge is 0.461 e. The van der Waals surface area contributed by atoms with Gasteiger partial charge in [0.05, 0.1) is 6.54 Å². The molecule has 0 aromatic carbocycles. The van der Waals surface area contributed by atoms with Crippen molar-refractivity contribution in [3.63, 3.8) is 0 Å². The van der Waals surface area contributed by atoms with E-state index in [1.54, 1.807) is 0 Å². The molecule has 0 aromatic rings. The van der Waals surface area contributed by atoms with Crippen LogP contribution in [0.5, 0.6) is 0 Å². The quantitative estimate of drug-likeness (QED) is 0.795. The van der Waals surface area contributed by atoms with Crippen LogP contribution in [0.25, 0.3) is 0 Å². The Labute approximate surface area is 118 Å². The molecule has 112 valence electrons. The first-order valence-corrected chi connectivity index (χ1v) is 7.63. The number of hydrogen-bond donors (Lipinski definition) is 1. The molecule has 1 aliphatic rings. The molecule has 0 bridgehead atoms. The topological polar surface area (TPSA) is 38.3 Å². The van der Waals surface area contributed by atoms with Crippen molar-refractivity contribution in [2.75, 3.05) is 6.54 Å². The number of nitrogens with one attached hydrogen (secondary N) is 1. The summed E-state index contributed by atoms with van der Waals surface area (Å²) in [4.78, 5) is 11.9. The number of carbonyl (C=O) groups excluding carboxylic acids is 1. The summed E-state index contributed by atoms with van der Waals surface area (Å²) in [5.74, 6) is 1.67. The standard InChI is InChI=1S/C16H31NO2/c1-11(2)13-8-7-12(3)9-14(13)19-15(18)10-17-16(4,5)6/h11-14,17H,7-10H2,1-6H3/t12-,13+,14-/m1/s1. The zero-order chi connectivity index (χ0) is 14.6. The molecule has 0 spiro atoms. The fourth-order valence-electron chi connectivity index (χ4n) is 2.80. The molecule has 0 aliphatic heterocycles. The average Bonchev–Trinajstić information content (AvgIpc) is 2.25. The number of carbonyl (C=O) groups is 1. The smallest absolute Gasteiger partial charge is 0.320 e. The molecule has 1 fully saturated rings. The number of esters is 1. The highest BCUT2D eigenvalue weighted by Gasteiger charge is 2.33. The second-order valence-corrected chi connectivity index (χ2v) is 7.46. The third kappa shape index (κ3) is 5.94. The maximum Gasteiger partial charge on any atom is 0.320 e. The Morgan fingerprint density at radius 2 is 1.95 bits per heavy atom. The molecule has 0 radical (unpaired) electrons. The molecular formula is C16H31NO2. The van der Waals surface area contributed by atoms with Crippen LogP contribution in [0.15, 0.2) is 0 Å². The minimum Gasteiger partial charge on any atom is -0.461 e. The van der Waals surface area contributed by atoms with Crippen LogP contribution in [-0.2, 0) is 9.53 Å². The van der Waals surface area contributed by atoms with Gasteiger partial charge in [0.1, 0.15) is 6.10 Å². The predicted octanol–water partition coefficient (Wildman–Crippen LogP) is 3.38. The summed E-state index contributed by atoms with van der Waals surface area (Å²) in [6, 6.07) is 0. The molecule has 1 saturated carbocycles. The third-order valence-electron chi connectivity index (χ3n) is 4.01. The summed E-state index contributed by atoms with van der Waals surface area (Å²) in [5, 5.41) is 3.19. The van der Waals surface area contributed by atoms with E-state index in [1.807, 2.05) is 0 Å². The fraction of sp³-hybridized carbons (Fsp3) is 0.938. The Balaban J connectivity index is 2.49. The Bertz CT molecular complexity index is 294. The highest BCUT2D eigenvalue weighted by atomic mass is 16.5. The first-order chi connectivity index (χ1) is 8.69. The van der Waals surface area contributed by atoms with Gasteiger partial charge in [-0.1, -0.05) is 27.2 Å². The van der Waals surface area contributed by atoms with Crippen LogP contribution in [0, 0.1) is 17.8 Å². The van der Waals surface area contributed by atoms with Crippen molar-refractivity contribution >= 4 is 5.97 Å². The molecular weight excluding hydrogens is 238 g/mol. The van der Waals surface area contributed by atoms with Crippen molar-refractivity contribution in [3.05, 3.63) is 0 Å². The van der Waals surface area contributed by atoms with E-state index in [9.17, 15) is 4.79 Å². The Morgan fingerprint density at radius 1 is 1.32 bits per heavy atom. The lowest BCUT2D eigenvalue weighted by Crippen LogP contribution is -2.42. The van der Waals surface area contributed by atoms with E-state index in [1.165, 1.54) is 12.8 Å². The molecule has 1 aliphatic carbocycles. The van der Waals surface area contributed by atoms with Gasteiger partial charge in [0.2, 0.25) is 0 Å². The maximum atomic E-state index is 11.9. The van der Waals surface area contributed by atoms with Crippen LogP contribution in [0.4, 0.5) is 0 Å². The first-order valence-electron chi connectivity index (χ1n) is 7.63. The molecule has 3 heteroatoms. The fourth-order valence-corrected chi connectivity index (χ4v) is 2.80. The van der Waals surface area contributed by atoms with E-state index >= 15 is 0 Å². The monoisotopic (exact) mass is 269 g/mol. The molecule has 1 N–H and O–H groups in total. The lowest BCUT2D eigenvalue weighted by atomic mass is 9.75. The number of ether oxygens (including phenoxy) is 1. The minimum absolute atomic E-state index is 0.0453. The van der Waals surface area contributed by atoms with Crippen molar-refractivity contribution in [1.29, 1.82) is 0 Å². The van der Waals surface area contributed by atoms with E-state index < -0.39 is 0 Å². The zero-order valence-corrected chi connectivity index (χ0v) is 13.5. The summed E-state index contributed by atoms with van der Waals surface area (Å²) >= 11 is 0. The molecule has 3 atom stereocenters. The second-order valence-electron chi connectivity index (χ2n) is 7.46. The van der Waals surface area contributed by atoms with Crippen LogP contribution in [0.3, 0.4) is 0 Å². The molecule has 0 saturated heterocycles. The van der Waals surface area contributed by atoms with Gasteiger partial charge < -0.3 is 10.1 Å². The van der Waals surface area contributed by atoms with Gasteiger partial charge in [0.25, 0.3) is 0 Å². The van der Waals surface area contributed by atoms with Gasteiger partial charge >= 0.3 is 5.97 Å². The van der Waals surface area contributed by atoms with Gasteiger partial charge in [-0.05, 0) is 51.4 Å². The van der Waals surface area contributed by atoms with Crippen molar-refractivity contribution in [3.8, 4) is 0 Å². The van der Waals surface area contributed by atoms with E-state index in [0.717, 1.165) is 6.42 Å². The van der Waals surface area contributed by atoms with E-state index in [4.69, 9.17) is 4.74 Å². The number of rotatable bonds is 4. The van der Waals surface area contributed by atoms with Crippen LogP contribution >= 0.6 is 0 Å². The first kappa shape index (κ1) is 16.5. The minimum atomic E-state index is -0.111. The molecule has 0 aromatic heterocycles. The normalized spacial score (nSPS) is 28.5. The lowest BCUT2D eigenvalue weighted by molar-refractivity contribution is -0.155. The Kier molecular flexibility index (Phi) is 5.84. The maximum absolute atomic E-state index is 11.9. The summed E-state index contributed by atoms with van der Waals surface area (Å²) in [5.41, 5.74) is -0.0453. The van der Waals surface area contributed by atoms with Gasteiger partial charge in [0, 0.05) is 5.54 Å². The van der Waals surface area contributed by atoms with Gasteiger partial charge in [-0.15, -0.1) is 0 Å². The molecule has 0 heterocycles. The molecule has 0 unspecified atom stereocenters. The van der Waals surface area contributed by atoms with Gasteiger partial charge in [-0.25, -0.2) is 0 Å². The van der Waals surface area contributed by atoms with Gasteiger partial charge in [-0.2, -0.15) is 0 Å². The highest BCUT2D eigenvalue weighted by Crippen LogP contribution is 2.35. The summed E-state index contributed by atoms with van der Waals surface area (Å²) < 4.78 is 5.73. The van der Waals surface area contributed by atoms with Crippen LogP contribution in [0.1, 0.15) is 60.8 Å². The van der Waals surface area contributed by atoms with Gasteiger partial charge in [0.15, 0.2) is 0 Å². The van der Waals surface area contributed by atoms with Crippen LogP contribution in [-0.4, -0.2) is 24.2 Å². The second kappa shape index (κ2) is 6.74. The van der Waals surface area contributed by atoms with Crippen molar-refractivity contribution in [2.24, 2.45) is 17.8 Å². The molecule has 0 amide bonds. The Morgan fingerprint density at radius 3 is 2.47 bits per heavy atom. The molecule has 3 nitrogen and oxygen atoms in total. The van der Waals surface area contributed by atoms with Crippen LogP contribution in [0.2, 0.25) is 0 Å². The number of hydrogen-bond acceptors (Lipinski definition) is 3. The summed E-state index contributed by atoms with van der Waals surface area (Å²) in [6.45, 7) is 13.2. The molecule has 19 heavy (non-hydrogen) atoms. The van der Waals surface area contributed by atoms with E-state index in [2.05, 4.69) is 46.9 Å². The van der Waals surface area contributed by atoms with Gasteiger partial charge in [-0.3, -0.25) is 4.79 Å². The summed E-state index contributed by atoms with van der Waals surface area (Å²) in [7, 11) is 0. The zero-order valence-electron chi connectivity index (χ0n) is 13.5. The van der Waals surface area contributed by atoms with Crippen LogP contribution < -0.4 is 5.32 Å². The van der Waals surface area contributed by atoms with E-state index in [0.29, 0.717) is 24.3 Å². The predicted molar refractivity (Wildman–Crippen MR) is 79.0 cm³/mol. The van der Waals surface area contributed by atoms with Crippen molar-refractivity contribution < 1.29 is 9.53 Å². The highest BCUT2D eigenvalue weighted by molar-refractivity contribution is 5.72. The van der Waals surface area contributed by atoms with E-state index in [-0.39, 0.29) is 17.6 Å². The van der Waals surface area contributed by atoms with Crippen molar-refractivity contribution in [1.82, 2.24) is 5.32 Å².